The largest absolute Gasteiger partial charge is 0.495 e. The van der Waals surface area contributed by atoms with Gasteiger partial charge in [-0.05, 0) is 91.9 Å². The fourth-order valence-electron chi connectivity index (χ4n) is 4.07. The van der Waals surface area contributed by atoms with Crippen molar-refractivity contribution in [2.24, 2.45) is 5.92 Å². The Morgan fingerprint density at radius 3 is 2.42 bits per heavy atom. The highest BCUT2D eigenvalue weighted by Gasteiger charge is 2.38. The highest BCUT2D eigenvalue weighted by atomic mass is 79.9. The van der Waals surface area contributed by atoms with Crippen molar-refractivity contribution in [1.82, 2.24) is 14.5 Å². The van der Waals surface area contributed by atoms with Crippen LogP contribution in [0.15, 0.2) is 52.0 Å². The zero-order valence-electron chi connectivity index (χ0n) is 20.1. The lowest BCUT2D eigenvalue weighted by molar-refractivity contribution is -0.137. The molecule has 1 aliphatic carbocycles. The number of ether oxygens (including phenoxy) is 1. The van der Waals surface area contributed by atoms with E-state index in [0.717, 1.165) is 41.8 Å². The number of nitrogens with one attached hydrogen (secondary N) is 1. The first-order chi connectivity index (χ1) is 16.8. The molecule has 1 aromatic heterocycles. The van der Waals surface area contributed by atoms with Crippen molar-refractivity contribution in [3.63, 3.8) is 0 Å². The summed E-state index contributed by atoms with van der Waals surface area (Å²) in [7, 11) is -0.636. The first-order valence-electron chi connectivity index (χ1n) is 11.3. The van der Waals surface area contributed by atoms with Crippen molar-refractivity contribution in [1.29, 1.82) is 0 Å². The zero-order valence-corrected chi connectivity index (χ0v) is 22.5. The third-order valence-electron chi connectivity index (χ3n) is 5.97. The molecule has 4 rings (SSSR count). The summed E-state index contributed by atoms with van der Waals surface area (Å²) in [6.07, 6.45) is -1.04. The maximum Gasteiger partial charge on any atom is 0.416 e. The second kappa shape index (κ2) is 9.90. The van der Waals surface area contributed by atoms with E-state index in [9.17, 15) is 21.8 Å². The molecule has 0 aliphatic heterocycles. The average Bonchev–Trinajstić information content (AvgIpc) is 3.53. The van der Waals surface area contributed by atoms with Crippen LogP contribution in [0.2, 0.25) is 0 Å². The van der Waals surface area contributed by atoms with Gasteiger partial charge in [0.2, 0.25) is 0 Å². The van der Waals surface area contributed by atoms with Crippen LogP contribution in [0.4, 0.5) is 17.6 Å². The Balaban J connectivity index is 1.77. The van der Waals surface area contributed by atoms with Crippen molar-refractivity contribution in [2.75, 3.05) is 7.11 Å². The monoisotopic (exact) mass is 587 g/mol. The van der Waals surface area contributed by atoms with Crippen molar-refractivity contribution >= 4 is 26.9 Å². The van der Waals surface area contributed by atoms with Gasteiger partial charge in [-0.15, -0.1) is 0 Å². The summed E-state index contributed by atoms with van der Waals surface area (Å²) in [6, 6.07) is 6.92. The number of aromatic nitrogens is 2. The van der Waals surface area contributed by atoms with Gasteiger partial charge >= 0.3 is 6.18 Å². The van der Waals surface area contributed by atoms with E-state index >= 15 is 0 Å². The maximum absolute atomic E-state index is 13.9. The number of halogens is 5. The fraction of sp³-hybridized carbons (Fsp3) is 0.400. The molecule has 5 nitrogen and oxygen atoms in total. The molecular formula is C25H26BrF4N3O2S. The zero-order chi connectivity index (χ0) is 26.4. The van der Waals surface area contributed by atoms with Crippen LogP contribution in [0.3, 0.4) is 0 Å². The van der Waals surface area contributed by atoms with E-state index in [-0.39, 0.29) is 22.4 Å². The summed E-state index contributed by atoms with van der Waals surface area (Å²) < 4.78 is 77.4. The molecule has 1 heterocycles. The molecule has 2 aromatic carbocycles. The minimum atomic E-state index is -4.55. The van der Waals surface area contributed by atoms with E-state index in [0.29, 0.717) is 4.47 Å². The van der Waals surface area contributed by atoms with E-state index in [4.69, 9.17) is 4.74 Å². The van der Waals surface area contributed by atoms with Gasteiger partial charge in [-0.1, -0.05) is 0 Å². The quantitative estimate of drug-likeness (QED) is 0.303. The fourth-order valence-corrected chi connectivity index (χ4v) is 5.80. The highest BCUT2D eigenvalue weighted by molar-refractivity contribution is 9.10. The van der Waals surface area contributed by atoms with Crippen LogP contribution in [-0.2, 0) is 22.7 Å². The first-order valence-corrected chi connectivity index (χ1v) is 13.2. The van der Waals surface area contributed by atoms with Crippen molar-refractivity contribution in [3.05, 3.63) is 64.0 Å². The van der Waals surface area contributed by atoms with Gasteiger partial charge in [0, 0.05) is 15.6 Å². The van der Waals surface area contributed by atoms with Crippen molar-refractivity contribution in [2.45, 2.75) is 56.3 Å². The molecule has 1 fully saturated rings. The number of methoxy groups -OCH3 is 1. The number of benzene rings is 2. The van der Waals surface area contributed by atoms with Crippen LogP contribution in [0.5, 0.6) is 5.75 Å². The molecule has 3 aromatic rings. The van der Waals surface area contributed by atoms with E-state index < -0.39 is 34.3 Å². The van der Waals surface area contributed by atoms with E-state index in [2.05, 4.69) is 25.8 Å². The Hall–Kier alpha value is -2.24. The van der Waals surface area contributed by atoms with Crippen LogP contribution < -0.4 is 9.46 Å². The predicted octanol–water partition coefficient (Wildman–Crippen LogP) is 7.00. The van der Waals surface area contributed by atoms with Gasteiger partial charge < -0.3 is 4.74 Å². The topological polar surface area (TPSA) is 56.1 Å². The molecule has 11 heteroatoms. The predicted molar refractivity (Wildman–Crippen MR) is 133 cm³/mol. The molecule has 1 aliphatic rings. The van der Waals surface area contributed by atoms with E-state index in [1.807, 2.05) is 25.5 Å². The molecular weight excluding hydrogens is 562 g/mol. The van der Waals surface area contributed by atoms with Gasteiger partial charge in [0.1, 0.15) is 22.6 Å². The summed E-state index contributed by atoms with van der Waals surface area (Å²) in [4.78, 5) is 0.115. The van der Waals surface area contributed by atoms with Gasteiger partial charge in [-0.25, -0.2) is 13.3 Å². The second-order valence-corrected chi connectivity index (χ2v) is 11.8. The molecule has 194 valence electrons. The molecule has 0 radical (unpaired) electrons. The SMILES string of the molecule is COc1cc(C(F)(F)F)ccc1S(=O)N[C@@H](c1cnn(C(C)(C)C)c1-c1ccc(F)cc1Br)C1CC1. The Bertz CT molecular complexity index is 1300. The van der Waals surface area contributed by atoms with Crippen LogP contribution in [0.1, 0.15) is 50.8 Å². The average molecular weight is 588 g/mol. The number of hydrogen-bond donors (Lipinski definition) is 1. The summed E-state index contributed by atoms with van der Waals surface area (Å²) in [6.45, 7) is 5.99. The lowest BCUT2D eigenvalue weighted by atomic mass is 9.98. The standard InChI is InChI=1S/C25H26BrF4N3O2S/c1-24(2,3)33-23(17-9-8-16(27)12-19(17)26)18(13-31-33)22(14-5-6-14)32-36(34)21-10-7-15(25(28,29)30)11-20(21)35-4/h7-14,22,32H,5-6H2,1-4H3/t22-,36?/m1/s1. The smallest absolute Gasteiger partial charge is 0.416 e. The molecule has 36 heavy (non-hydrogen) atoms. The molecule has 0 saturated heterocycles. The number of alkyl halides is 3. The van der Waals surface area contributed by atoms with Crippen LogP contribution in [-0.4, -0.2) is 21.1 Å². The molecule has 0 spiro atoms. The van der Waals surface area contributed by atoms with Crippen LogP contribution in [0, 0.1) is 11.7 Å². The summed E-state index contributed by atoms with van der Waals surface area (Å²) in [5, 5.41) is 4.62. The normalized spacial score (nSPS) is 16.1. The lowest BCUT2D eigenvalue weighted by Gasteiger charge is -2.25. The number of hydrogen-bond acceptors (Lipinski definition) is 3. The third kappa shape index (κ3) is 5.52. The minimum Gasteiger partial charge on any atom is -0.495 e. The lowest BCUT2D eigenvalue weighted by Crippen LogP contribution is -2.28. The molecule has 2 atom stereocenters. The minimum absolute atomic E-state index is 0.114. The van der Waals surface area contributed by atoms with Gasteiger partial charge in [-0.3, -0.25) is 4.68 Å². The van der Waals surface area contributed by atoms with Crippen molar-refractivity contribution in [3.8, 4) is 17.0 Å². The summed E-state index contributed by atoms with van der Waals surface area (Å²) >= 11 is 3.46. The summed E-state index contributed by atoms with van der Waals surface area (Å²) in [5.41, 5.74) is 0.956. The Morgan fingerprint density at radius 1 is 1.17 bits per heavy atom. The van der Waals surface area contributed by atoms with Crippen LogP contribution in [0.25, 0.3) is 11.3 Å². The highest BCUT2D eigenvalue weighted by Crippen LogP contribution is 2.46. The van der Waals surface area contributed by atoms with Gasteiger partial charge in [0.05, 0.1) is 41.0 Å². The molecule has 1 N–H and O–H groups in total. The van der Waals surface area contributed by atoms with E-state index in [1.165, 1.54) is 25.3 Å². The molecule has 0 amide bonds. The second-order valence-electron chi connectivity index (χ2n) is 9.72. The van der Waals surface area contributed by atoms with E-state index in [1.54, 1.807) is 12.3 Å². The maximum atomic E-state index is 13.9. The van der Waals surface area contributed by atoms with Crippen molar-refractivity contribution < 1.29 is 26.5 Å². The third-order valence-corrected chi connectivity index (χ3v) is 7.83. The molecule has 0 bridgehead atoms. The van der Waals surface area contributed by atoms with Gasteiger partial charge in [0.15, 0.2) is 0 Å². The van der Waals surface area contributed by atoms with Crippen LogP contribution >= 0.6 is 15.9 Å². The molecule has 1 unspecified atom stereocenters. The Morgan fingerprint density at radius 2 is 1.86 bits per heavy atom. The van der Waals surface area contributed by atoms with Gasteiger partial charge in [0.25, 0.3) is 0 Å². The number of rotatable bonds is 7. The molecule has 1 saturated carbocycles. The Kier molecular flexibility index (Phi) is 7.38. The number of nitrogens with zero attached hydrogens (tertiary/aromatic N) is 2. The summed E-state index contributed by atoms with van der Waals surface area (Å²) in [5.74, 6) is -0.344. The first kappa shape index (κ1) is 26.8. The Labute approximate surface area is 217 Å². The van der Waals surface area contributed by atoms with Gasteiger partial charge in [-0.2, -0.15) is 18.3 Å².